The number of nitrogens with zero attached hydrogens (tertiary/aromatic N) is 3. The van der Waals surface area contributed by atoms with Crippen molar-refractivity contribution in [3.63, 3.8) is 0 Å². The molecule has 6 nitrogen and oxygen atoms in total. The molecular weight excluding hydrogens is 489 g/mol. The fourth-order valence-corrected chi connectivity index (χ4v) is 2.62. The lowest BCUT2D eigenvalue weighted by Crippen LogP contribution is -2.38. The highest BCUT2D eigenvalue weighted by molar-refractivity contribution is 14.0. The third-order valence-corrected chi connectivity index (χ3v) is 4.08. The second kappa shape index (κ2) is 11.7. The second-order valence-electron chi connectivity index (χ2n) is 5.91. The molecular formula is C20H23ClIN5O. The van der Waals surface area contributed by atoms with Crippen LogP contribution >= 0.6 is 35.6 Å². The number of benzene rings is 1. The second-order valence-corrected chi connectivity index (χ2v) is 6.30. The van der Waals surface area contributed by atoms with Crippen LogP contribution in [0.2, 0.25) is 5.15 Å². The van der Waals surface area contributed by atoms with Gasteiger partial charge < -0.3 is 15.2 Å². The maximum Gasteiger partial charge on any atom is 0.191 e. The number of aromatic nitrogens is 2. The summed E-state index contributed by atoms with van der Waals surface area (Å²) in [5.41, 5.74) is 2.90. The molecule has 148 valence electrons. The van der Waals surface area contributed by atoms with E-state index in [0.29, 0.717) is 11.7 Å². The Kier molecular flexibility index (Phi) is 9.22. The SMILES string of the molecule is CCNC(=NCc1cc(-c2ccccc2)on1)NCCc1ccc(Cl)nc1.I. The van der Waals surface area contributed by atoms with Gasteiger partial charge in [-0.2, -0.15) is 0 Å². The van der Waals surface area contributed by atoms with Gasteiger partial charge in [-0.3, -0.25) is 0 Å². The van der Waals surface area contributed by atoms with Crippen LogP contribution in [0.15, 0.2) is 64.2 Å². The van der Waals surface area contributed by atoms with E-state index in [1.165, 1.54) is 0 Å². The van der Waals surface area contributed by atoms with Crippen LogP contribution in [0.4, 0.5) is 0 Å². The summed E-state index contributed by atoms with van der Waals surface area (Å²) in [5, 5.41) is 11.1. The molecule has 8 heteroatoms. The monoisotopic (exact) mass is 511 g/mol. The standard InChI is InChI=1S/C20H22ClN5O.HI/c1-2-22-20(23-11-10-15-8-9-19(21)24-13-15)25-14-17-12-18(27-26-17)16-6-4-3-5-7-16;/h3-9,12-13H,2,10-11,14H2,1H3,(H2,22,23,25);1H. The van der Waals surface area contributed by atoms with Gasteiger partial charge in [0.05, 0.1) is 6.54 Å². The average molecular weight is 512 g/mol. The summed E-state index contributed by atoms with van der Waals surface area (Å²) in [6, 6.07) is 15.6. The van der Waals surface area contributed by atoms with E-state index in [9.17, 15) is 0 Å². The van der Waals surface area contributed by atoms with E-state index in [-0.39, 0.29) is 24.0 Å². The predicted octanol–water partition coefficient (Wildman–Crippen LogP) is 4.31. The molecule has 2 aromatic heterocycles. The van der Waals surface area contributed by atoms with Gasteiger partial charge in [-0.05, 0) is 25.0 Å². The van der Waals surface area contributed by atoms with Gasteiger partial charge in [0, 0.05) is 30.9 Å². The lowest BCUT2D eigenvalue weighted by Gasteiger charge is -2.10. The first-order valence-electron chi connectivity index (χ1n) is 8.88. The van der Waals surface area contributed by atoms with Gasteiger partial charge >= 0.3 is 0 Å². The van der Waals surface area contributed by atoms with Crippen LogP contribution in [0, 0.1) is 0 Å². The van der Waals surface area contributed by atoms with Crippen LogP contribution in [0.3, 0.4) is 0 Å². The summed E-state index contributed by atoms with van der Waals surface area (Å²) in [6.45, 7) is 3.99. The zero-order valence-corrected chi connectivity index (χ0v) is 18.6. The van der Waals surface area contributed by atoms with Gasteiger partial charge in [0.1, 0.15) is 10.8 Å². The van der Waals surface area contributed by atoms with E-state index in [4.69, 9.17) is 16.1 Å². The number of pyridine rings is 1. The van der Waals surface area contributed by atoms with Crippen molar-refractivity contribution in [2.45, 2.75) is 19.9 Å². The minimum Gasteiger partial charge on any atom is -0.357 e. The summed E-state index contributed by atoms with van der Waals surface area (Å²) in [7, 11) is 0. The fraction of sp³-hybridized carbons (Fsp3) is 0.250. The minimum absolute atomic E-state index is 0. The molecule has 0 aliphatic heterocycles. The maximum absolute atomic E-state index is 5.81. The van der Waals surface area contributed by atoms with Gasteiger partial charge in [-0.1, -0.05) is 53.2 Å². The average Bonchev–Trinajstić information content (AvgIpc) is 3.17. The van der Waals surface area contributed by atoms with Gasteiger partial charge in [-0.15, -0.1) is 24.0 Å². The maximum atomic E-state index is 5.81. The Bertz CT molecular complexity index is 868. The number of hydrogen-bond donors (Lipinski definition) is 2. The Morgan fingerprint density at radius 3 is 2.68 bits per heavy atom. The van der Waals surface area contributed by atoms with Crippen molar-refractivity contribution in [2.75, 3.05) is 13.1 Å². The van der Waals surface area contributed by atoms with Crippen LogP contribution in [0.5, 0.6) is 0 Å². The topological polar surface area (TPSA) is 75.3 Å². The summed E-state index contributed by atoms with van der Waals surface area (Å²) in [4.78, 5) is 8.66. The number of halogens is 2. The molecule has 0 spiro atoms. The number of rotatable bonds is 7. The van der Waals surface area contributed by atoms with Crippen molar-refractivity contribution in [3.8, 4) is 11.3 Å². The summed E-state index contributed by atoms with van der Waals surface area (Å²) in [5.74, 6) is 1.48. The lowest BCUT2D eigenvalue weighted by molar-refractivity contribution is 0.424. The molecule has 0 aliphatic carbocycles. The van der Waals surface area contributed by atoms with Crippen molar-refractivity contribution >= 4 is 41.5 Å². The Labute approximate surface area is 186 Å². The quantitative estimate of drug-likeness (QED) is 0.214. The Balaban J connectivity index is 0.00000280. The number of aliphatic imine (C=N–C) groups is 1. The molecule has 0 bridgehead atoms. The van der Waals surface area contributed by atoms with Gasteiger partial charge in [0.2, 0.25) is 0 Å². The summed E-state index contributed by atoms with van der Waals surface area (Å²) >= 11 is 5.81. The van der Waals surface area contributed by atoms with E-state index in [1.807, 2.05) is 49.4 Å². The molecule has 0 fully saturated rings. The smallest absolute Gasteiger partial charge is 0.191 e. The van der Waals surface area contributed by atoms with Crippen LogP contribution in [0.25, 0.3) is 11.3 Å². The normalized spacial score (nSPS) is 11.0. The van der Waals surface area contributed by atoms with Gasteiger partial charge in [0.15, 0.2) is 11.7 Å². The number of nitrogens with one attached hydrogen (secondary N) is 2. The molecule has 0 radical (unpaired) electrons. The van der Waals surface area contributed by atoms with E-state index in [0.717, 1.165) is 48.1 Å². The zero-order chi connectivity index (χ0) is 18.9. The van der Waals surface area contributed by atoms with Crippen LogP contribution in [-0.4, -0.2) is 29.2 Å². The zero-order valence-electron chi connectivity index (χ0n) is 15.6. The first-order chi connectivity index (χ1) is 13.2. The minimum atomic E-state index is 0. The lowest BCUT2D eigenvalue weighted by atomic mass is 10.2. The van der Waals surface area contributed by atoms with Crippen molar-refractivity contribution in [2.24, 2.45) is 4.99 Å². The highest BCUT2D eigenvalue weighted by Gasteiger charge is 2.06. The molecule has 0 saturated carbocycles. The summed E-state index contributed by atoms with van der Waals surface area (Å²) in [6.07, 6.45) is 2.62. The number of hydrogen-bond acceptors (Lipinski definition) is 4. The van der Waals surface area contributed by atoms with Gasteiger partial charge in [-0.25, -0.2) is 9.98 Å². The summed E-state index contributed by atoms with van der Waals surface area (Å²) < 4.78 is 5.41. The largest absolute Gasteiger partial charge is 0.357 e. The Hall–Kier alpha value is -2.13. The highest BCUT2D eigenvalue weighted by Crippen LogP contribution is 2.19. The Morgan fingerprint density at radius 2 is 1.96 bits per heavy atom. The predicted molar refractivity (Wildman–Crippen MR) is 123 cm³/mol. The fourth-order valence-electron chi connectivity index (χ4n) is 2.51. The molecule has 3 aromatic rings. The van der Waals surface area contributed by atoms with Crippen molar-refractivity contribution in [3.05, 3.63) is 71.1 Å². The highest BCUT2D eigenvalue weighted by atomic mass is 127. The molecule has 0 aliphatic rings. The van der Waals surface area contributed by atoms with Crippen LogP contribution in [-0.2, 0) is 13.0 Å². The van der Waals surface area contributed by atoms with Gasteiger partial charge in [0.25, 0.3) is 0 Å². The van der Waals surface area contributed by atoms with Crippen molar-refractivity contribution < 1.29 is 4.52 Å². The third-order valence-electron chi connectivity index (χ3n) is 3.86. The first-order valence-corrected chi connectivity index (χ1v) is 9.26. The Morgan fingerprint density at radius 1 is 1.14 bits per heavy atom. The number of guanidine groups is 1. The molecule has 3 rings (SSSR count). The van der Waals surface area contributed by atoms with Crippen LogP contribution < -0.4 is 10.6 Å². The molecule has 2 N–H and O–H groups in total. The molecule has 0 amide bonds. The van der Waals surface area contributed by atoms with E-state index in [1.54, 1.807) is 12.3 Å². The van der Waals surface area contributed by atoms with Crippen LogP contribution in [0.1, 0.15) is 18.2 Å². The van der Waals surface area contributed by atoms with E-state index in [2.05, 4.69) is 25.8 Å². The molecule has 0 unspecified atom stereocenters. The molecule has 1 aromatic carbocycles. The van der Waals surface area contributed by atoms with E-state index >= 15 is 0 Å². The van der Waals surface area contributed by atoms with Crippen molar-refractivity contribution in [1.29, 1.82) is 0 Å². The molecule has 2 heterocycles. The molecule has 0 atom stereocenters. The third kappa shape index (κ3) is 6.79. The molecule has 0 saturated heterocycles. The molecule has 28 heavy (non-hydrogen) atoms. The van der Waals surface area contributed by atoms with E-state index < -0.39 is 0 Å². The van der Waals surface area contributed by atoms with Crippen molar-refractivity contribution in [1.82, 2.24) is 20.8 Å². The first kappa shape index (κ1) is 22.2.